The molecule has 0 radical (unpaired) electrons. The smallest absolute Gasteiger partial charge is 0.182 e. The van der Waals surface area contributed by atoms with E-state index in [1.54, 1.807) is 10.7 Å². The van der Waals surface area contributed by atoms with Crippen LogP contribution in [0.1, 0.15) is 28.8 Å². The standard InChI is InChI=1S/C25H20F2N6/c1-16-12-22(29-14-17-6-4-8-19(26)13-17)31-24(30-16)23-20-9-5-11-28-25(20)33(32-23)15-18-7-2-3-10-21(18)27/h3-4,6,8,10-13H,5,9,14-15H2,1H3,(H,29,30,31). The van der Waals surface area contributed by atoms with Gasteiger partial charge in [-0.3, -0.25) is 0 Å². The van der Waals surface area contributed by atoms with E-state index in [1.807, 2.05) is 25.3 Å². The number of benzene rings is 1. The number of nitrogens with zero attached hydrogens (tertiary/aromatic N) is 5. The molecule has 1 N–H and O–H groups in total. The largest absolute Gasteiger partial charge is 0.366 e. The highest BCUT2D eigenvalue weighted by Crippen LogP contribution is 2.33. The van der Waals surface area contributed by atoms with Gasteiger partial charge in [0.05, 0.1) is 12.1 Å². The van der Waals surface area contributed by atoms with Gasteiger partial charge in [-0.25, -0.2) is 28.4 Å². The summed E-state index contributed by atoms with van der Waals surface area (Å²) in [6.45, 7) is 2.48. The Morgan fingerprint density at radius 2 is 2.06 bits per heavy atom. The van der Waals surface area contributed by atoms with E-state index < -0.39 is 0 Å². The van der Waals surface area contributed by atoms with Crippen molar-refractivity contribution < 1.29 is 8.78 Å². The molecule has 0 fully saturated rings. The van der Waals surface area contributed by atoms with Crippen LogP contribution in [0.15, 0.2) is 47.5 Å². The number of hydrogen-bond donors (Lipinski definition) is 1. The quantitative estimate of drug-likeness (QED) is 0.464. The van der Waals surface area contributed by atoms with Crippen molar-refractivity contribution in [3.05, 3.63) is 88.6 Å². The Hall–Kier alpha value is -4.12. The van der Waals surface area contributed by atoms with E-state index in [1.165, 1.54) is 24.3 Å². The topological polar surface area (TPSA) is 68.0 Å². The molecular weight excluding hydrogens is 422 g/mol. The molecule has 33 heavy (non-hydrogen) atoms. The molecule has 6 nitrogen and oxygen atoms in total. The second-order valence-corrected chi connectivity index (χ2v) is 7.79. The minimum absolute atomic E-state index is 0.180. The van der Waals surface area contributed by atoms with Gasteiger partial charge < -0.3 is 5.32 Å². The highest BCUT2D eigenvalue weighted by atomic mass is 19.1. The summed E-state index contributed by atoms with van der Waals surface area (Å²) in [5, 5.41) is 7.94. The van der Waals surface area contributed by atoms with Gasteiger partial charge in [0.25, 0.3) is 0 Å². The number of nitrogens with one attached hydrogen (secondary N) is 1. The lowest BCUT2D eigenvalue weighted by Gasteiger charge is -2.10. The van der Waals surface area contributed by atoms with Crippen molar-refractivity contribution in [2.24, 2.45) is 4.99 Å². The van der Waals surface area contributed by atoms with E-state index in [-0.39, 0.29) is 18.2 Å². The zero-order valence-electron chi connectivity index (χ0n) is 17.9. The lowest BCUT2D eigenvalue weighted by molar-refractivity contribution is 0.587. The van der Waals surface area contributed by atoms with Crippen molar-refractivity contribution in [3.63, 3.8) is 0 Å². The summed E-state index contributed by atoms with van der Waals surface area (Å²) in [4.78, 5) is 13.8. The Kier molecular flexibility index (Phi) is 5.53. The van der Waals surface area contributed by atoms with E-state index >= 15 is 0 Å². The maximum Gasteiger partial charge on any atom is 0.182 e. The predicted molar refractivity (Wildman–Crippen MR) is 121 cm³/mol. The lowest BCUT2D eigenvalue weighted by atomic mass is 10.1. The number of anilines is 1. The number of aromatic nitrogens is 4. The summed E-state index contributed by atoms with van der Waals surface area (Å²) in [5.74, 6) is 1.10. The third kappa shape index (κ3) is 4.44. The van der Waals surface area contributed by atoms with Crippen molar-refractivity contribution >= 4 is 17.9 Å². The molecule has 164 valence electrons. The van der Waals surface area contributed by atoms with E-state index in [4.69, 9.17) is 5.10 Å². The highest BCUT2D eigenvalue weighted by Gasteiger charge is 2.23. The van der Waals surface area contributed by atoms with Crippen LogP contribution in [0, 0.1) is 30.7 Å². The summed E-state index contributed by atoms with van der Waals surface area (Å²) in [7, 11) is 0. The molecule has 2 aromatic heterocycles. The Bertz CT molecular complexity index is 1340. The van der Waals surface area contributed by atoms with E-state index in [2.05, 4.69) is 32.4 Å². The van der Waals surface area contributed by atoms with Crippen molar-refractivity contribution in [3.8, 4) is 11.5 Å². The molecule has 0 aliphatic carbocycles. The van der Waals surface area contributed by atoms with Crippen LogP contribution in [0.25, 0.3) is 11.5 Å². The summed E-state index contributed by atoms with van der Waals surface area (Å²) < 4.78 is 29.4. The van der Waals surface area contributed by atoms with Crippen LogP contribution < -0.4 is 5.32 Å². The maximum absolute atomic E-state index is 14.2. The SMILES string of the molecule is Cc1cc(NCc2cccc(F)c2)nc(-c2nn(Cc3c#cccc3F)c3c2CCC=N3)n1. The first-order chi connectivity index (χ1) is 16.1. The summed E-state index contributed by atoms with van der Waals surface area (Å²) in [5.41, 5.74) is 3.49. The van der Waals surface area contributed by atoms with Crippen molar-refractivity contribution in [1.82, 2.24) is 19.7 Å². The number of hydrogen-bond acceptors (Lipinski definition) is 5. The van der Waals surface area contributed by atoms with Gasteiger partial charge in [0.2, 0.25) is 0 Å². The van der Waals surface area contributed by atoms with Crippen LogP contribution in [0.2, 0.25) is 0 Å². The lowest BCUT2D eigenvalue weighted by Crippen LogP contribution is -2.05. The van der Waals surface area contributed by atoms with Crippen LogP contribution >= 0.6 is 0 Å². The molecule has 4 aromatic rings. The van der Waals surface area contributed by atoms with Crippen molar-refractivity contribution in [1.29, 1.82) is 0 Å². The van der Waals surface area contributed by atoms with Crippen LogP contribution in [-0.4, -0.2) is 26.0 Å². The maximum atomic E-state index is 14.2. The second-order valence-electron chi connectivity index (χ2n) is 7.79. The average molecular weight is 442 g/mol. The molecular formula is C25H20F2N6. The van der Waals surface area contributed by atoms with E-state index in [0.29, 0.717) is 35.3 Å². The average Bonchev–Trinajstić information content (AvgIpc) is 3.18. The zero-order chi connectivity index (χ0) is 22.8. The van der Waals surface area contributed by atoms with Crippen molar-refractivity contribution in [2.45, 2.75) is 32.9 Å². The first-order valence-electron chi connectivity index (χ1n) is 10.6. The minimum atomic E-state index is -0.366. The molecule has 3 heterocycles. The van der Waals surface area contributed by atoms with Gasteiger partial charge in [0, 0.05) is 30.1 Å². The Morgan fingerprint density at radius 3 is 2.91 bits per heavy atom. The fourth-order valence-corrected chi connectivity index (χ4v) is 3.79. The van der Waals surface area contributed by atoms with Gasteiger partial charge in [-0.15, -0.1) is 0 Å². The molecule has 0 saturated heterocycles. The van der Waals surface area contributed by atoms with Crippen LogP contribution in [0.3, 0.4) is 0 Å². The molecule has 0 saturated carbocycles. The van der Waals surface area contributed by atoms with Gasteiger partial charge in [-0.05, 0) is 49.6 Å². The van der Waals surface area contributed by atoms with Crippen LogP contribution in [0.4, 0.5) is 20.4 Å². The fourth-order valence-electron chi connectivity index (χ4n) is 3.79. The first-order valence-corrected chi connectivity index (χ1v) is 10.6. The Labute approximate surface area is 190 Å². The van der Waals surface area contributed by atoms with Gasteiger partial charge in [0.15, 0.2) is 11.6 Å². The highest BCUT2D eigenvalue weighted by molar-refractivity contribution is 5.73. The molecule has 0 amide bonds. The fraction of sp³-hybridized carbons (Fsp3) is 0.200. The zero-order valence-corrected chi connectivity index (χ0v) is 17.9. The minimum Gasteiger partial charge on any atom is -0.366 e. The second kappa shape index (κ2) is 8.79. The summed E-state index contributed by atoms with van der Waals surface area (Å²) >= 11 is 0. The predicted octanol–water partition coefficient (Wildman–Crippen LogP) is 4.84. The number of aryl methyl sites for hydroxylation is 1. The van der Waals surface area contributed by atoms with Crippen LogP contribution in [-0.2, 0) is 19.5 Å². The summed E-state index contributed by atoms with van der Waals surface area (Å²) in [6.07, 6.45) is 3.36. The third-order valence-electron chi connectivity index (χ3n) is 5.32. The van der Waals surface area contributed by atoms with Gasteiger partial charge >= 0.3 is 0 Å². The van der Waals surface area contributed by atoms with Crippen LogP contribution in [0.5, 0.6) is 0 Å². The van der Waals surface area contributed by atoms with Crippen molar-refractivity contribution in [2.75, 3.05) is 5.32 Å². The summed E-state index contributed by atoms with van der Waals surface area (Å²) in [6, 6.07) is 16.7. The molecule has 0 bridgehead atoms. The first kappa shape index (κ1) is 20.8. The molecule has 5 rings (SSSR count). The Morgan fingerprint density at radius 1 is 1.15 bits per heavy atom. The number of halogens is 2. The van der Waals surface area contributed by atoms with Gasteiger partial charge in [0.1, 0.15) is 23.1 Å². The molecule has 0 unspecified atom stereocenters. The van der Waals surface area contributed by atoms with E-state index in [9.17, 15) is 8.78 Å². The number of rotatable bonds is 6. The van der Waals surface area contributed by atoms with E-state index in [0.717, 1.165) is 29.7 Å². The molecule has 8 heteroatoms. The monoisotopic (exact) mass is 442 g/mol. The molecule has 0 spiro atoms. The molecule has 1 aliphatic heterocycles. The third-order valence-corrected chi connectivity index (χ3v) is 5.32. The Balaban J connectivity index is 1.48. The van der Waals surface area contributed by atoms with Gasteiger partial charge in [-0.2, -0.15) is 5.10 Å². The molecule has 2 aromatic carbocycles. The normalized spacial score (nSPS) is 12.3. The van der Waals surface area contributed by atoms with Gasteiger partial charge in [-0.1, -0.05) is 24.3 Å². The number of fused-ring (bicyclic) bond motifs is 1. The molecule has 0 atom stereocenters. The number of aliphatic imine (C=N–C) groups is 1. The molecule has 1 aliphatic rings.